The molecular weight excluding hydrogens is 300 g/mol. The molecule has 0 radical (unpaired) electrons. The first-order valence-electron chi connectivity index (χ1n) is 10.0. The number of hydrogen-bond acceptors (Lipinski definition) is 3. The lowest BCUT2D eigenvalue weighted by Gasteiger charge is -2.60. The van der Waals surface area contributed by atoms with E-state index in [2.05, 4.69) is 19.9 Å². The highest BCUT2D eigenvalue weighted by Crippen LogP contribution is 2.67. The van der Waals surface area contributed by atoms with Crippen LogP contribution in [0.3, 0.4) is 0 Å². The Morgan fingerprint density at radius 3 is 2.58 bits per heavy atom. The molecule has 4 rings (SSSR count). The highest BCUT2D eigenvalue weighted by molar-refractivity contribution is 5.26. The molecule has 9 unspecified atom stereocenters. The predicted molar refractivity (Wildman–Crippen MR) is 94.3 cm³/mol. The molecule has 4 aliphatic rings. The van der Waals surface area contributed by atoms with Crippen molar-refractivity contribution in [1.29, 1.82) is 0 Å². The molecule has 0 aromatic rings. The summed E-state index contributed by atoms with van der Waals surface area (Å²) in [5.41, 5.74) is 1.54. The molecule has 0 bridgehead atoms. The van der Waals surface area contributed by atoms with Crippen LogP contribution in [-0.2, 0) is 0 Å². The van der Waals surface area contributed by atoms with Crippen LogP contribution in [0.2, 0.25) is 0 Å². The summed E-state index contributed by atoms with van der Waals surface area (Å²) in [6.45, 7) is 6.61. The minimum absolute atomic E-state index is 0.0613. The van der Waals surface area contributed by atoms with E-state index in [1.165, 1.54) is 12.0 Å². The molecule has 24 heavy (non-hydrogen) atoms. The van der Waals surface area contributed by atoms with Gasteiger partial charge in [0.2, 0.25) is 0 Å². The van der Waals surface area contributed by atoms with E-state index in [4.69, 9.17) is 0 Å². The lowest BCUT2D eigenvalue weighted by molar-refractivity contribution is -0.138. The number of fused-ring (bicyclic) bond motifs is 5. The minimum Gasteiger partial charge on any atom is -0.393 e. The molecule has 3 saturated carbocycles. The average Bonchev–Trinajstić information content (AvgIpc) is 2.84. The fourth-order valence-corrected chi connectivity index (χ4v) is 7.67. The number of rotatable bonds is 1. The van der Waals surface area contributed by atoms with Crippen molar-refractivity contribution in [3.05, 3.63) is 11.6 Å². The van der Waals surface area contributed by atoms with Gasteiger partial charge in [-0.2, -0.15) is 0 Å². The zero-order valence-corrected chi connectivity index (χ0v) is 15.4. The van der Waals surface area contributed by atoms with Crippen molar-refractivity contribution in [1.82, 2.24) is 0 Å². The summed E-state index contributed by atoms with van der Waals surface area (Å²) in [6, 6.07) is 0. The summed E-state index contributed by atoms with van der Waals surface area (Å²) in [6.07, 6.45) is 8.44. The number of aliphatic hydroxyl groups excluding tert-OH is 3. The zero-order chi connectivity index (χ0) is 17.3. The first kappa shape index (κ1) is 17.1. The van der Waals surface area contributed by atoms with Gasteiger partial charge in [0.15, 0.2) is 0 Å². The number of hydrogen-bond donors (Lipinski definition) is 3. The van der Waals surface area contributed by atoms with Crippen LogP contribution in [0, 0.1) is 34.5 Å². The van der Waals surface area contributed by atoms with Crippen LogP contribution in [-0.4, -0.2) is 33.6 Å². The number of allylic oxidation sites excluding steroid dienone is 1. The minimum atomic E-state index is -0.290. The van der Waals surface area contributed by atoms with Gasteiger partial charge in [-0.05, 0) is 86.4 Å². The molecule has 0 spiro atoms. The third-order valence-electron chi connectivity index (χ3n) is 8.68. The Hall–Kier alpha value is -0.380. The van der Waals surface area contributed by atoms with E-state index in [0.717, 1.165) is 38.5 Å². The highest BCUT2D eigenvalue weighted by atomic mass is 16.3. The fraction of sp³-hybridized carbons (Fsp3) is 0.905. The molecule has 3 N–H and O–H groups in total. The van der Waals surface area contributed by atoms with Gasteiger partial charge < -0.3 is 15.3 Å². The van der Waals surface area contributed by atoms with Crippen LogP contribution < -0.4 is 0 Å². The van der Waals surface area contributed by atoms with Crippen LogP contribution >= 0.6 is 0 Å². The Kier molecular flexibility index (Phi) is 3.95. The Morgan fingerprint density at radius 2 is 1.88 bits per heavy atom. The first-order valence-corrected chi connectivity index (χ1v) is 10.0. The topological polar surface area (TPSA) is 60.7 Å². The van der Waals surface area contributed by atoms with Gasteiger partial charge in [-0.25, -0.2) is 0 Å². The molecule has 0 aliphatic heterocycles. The second kappa shape index (κ2) is 5.56. The van der Waals surface area contributed by atoms with E-state index in [0.29, 0.717) is 23.7 Å². The van der Waals surface area contributed by atoms with Gasteiger partial charge in [-0.1, -0.05) is 25.5 Å². The molecule has 136 valence electrons. The zero-order valence-electron chi connectivity index (χ0n) is 15.4. The van der Waals surface area contributed by atoms with Crippen molar-refractivity contribution in [3.63, 3.8) is 0 Å². The molecule has 0 saturated heterocycles. The van der Waals surface area contributed by atoms with E-state index in [1.54, 1.807) is 0 Å². The lowest BCUT2D eigenvalue weighted by atomic mass is 9.45. The highest BCUT2D eigenvalue weighted by Gasteiger charge is 2.62. The van der Waals surface area contributed by atoms with Crippen LogP contribution in [0.5, 0.6) is 0 Å². The maximum atomic E-state index is 11.2. The average molecular weight is 335 g/mol. The van der Waals surface area contributed by atoms with Gasteiger partial charge in [-0.15, -0.1) is 0 Å². The quantitative estimate of drug-likeness (QED) is 0.645. The Labute approximate surface area is 146 Å². The Balaban J connectivity index is 1.70. The van der Waals surface area contributed by atoms with Crippen LogP contribution in [0.1, 0.15) is 65.7 Å². The van der Waals surface area contributed by atoms with E-state index in [-0.39, 0.29) is 29.1 Å². The van der Waals surface area contributed by atoms with Gasteiger partial charge in [0.05, 0.1) is 18.3 Å². The molecule has 0 amide bonds. The van der Waals surface area contributed by atoms with Gasteiger partial charge >= 0.3 is 0 Å². The predicted octanol–water partition coefficient (Wildman–Crippen LogP) is 3.28. The normalized spacial score (nSPS) is 55.2. The SMILES string of the molecule is CC(O)C1CCC2C3CCC4=CC(O)CCC4(C)C3C(O)CC12C. The fourth-order valence-electron chi connectivity index (χ4n) is 7.67. The summed E-state index contributed by atoms with van der Waals surface area (Å²) in [5, 5.41) is 31.5. The van der Waals surface area contributed by atoms with Crippen molar-refractivity contribution in [2.45, 2.75) is 84.0 Å². The van der Waals surface area contributed by atoms with Crippen molar-refractivity contribution in [3.8, 4) is 0 Å². The second-order valence-electron chi connectivity index (χ2n) is 9.75. The molecule has 0 heterocycles. The Bertz CT molecular complexity index is 541. The van der Waals surface area contributed by atoms with Gasteiger partial charge in [0.1, 0.15) is 0 Å². The van der Waals surface area contributed by atoms with Crippen LogP contribution in [0.15, 0.2) is 11.6 Å². The molecule has 3 heteroatoms. The summed E-state index contributed by atoms with van der Waals surface area (Å²) in [7, 11) is 0. The van der Waals surface area contributed by atoms with Gasteiger partial charge in [0.25, 0.3) is 0 Å². The molecule has 4 aliphatic carbocycles. The van der Waals surface area contributed by atoms with E-state index in [1.807, 2.05) is 6.92 Å². The Morgan fingerprint density at radius 1 is 1.12 bits per heavy atom. The third kappa shape index (κ3) is 2.20. The monoisotopic (exact) mass is 334 g/mol. The summed E-state index contributed by atoms with van der Waals surface area (Å²) in [4.78, 5) is 0. The van der Waals surface area contributed by atoms with Gasteiger partial charge in [0, 0.05) is 0 Å². The second-order valence-corrected chi connectivity index (χ2v) is 9.75. The third-order valence-corrected chi connectivity index (χ3v) is 8.68. The maximum Gasteiger partial charge on any atom is 0.0724 e. The van der Waals surface area contributed by atoms with Crippen molar-refractivity contribution in [2.24, 2.45) is 34.5 Å². The molecule has 3 fully saturated rings. The molecule has 9 atom stereocenters. The van der Waals surface area contributed by atoms with E-state index in [9.17, 15) is 15.3 Å². The standard InChI is InChI=1S/C21H34O3/c1-12(22)16-6-7-17-15-5-4-13-10-14(23)8-9-20(13,2)19(15)18(24)11-21(16,17)3/h10,12,14-19,22-24H,4-9,11H2,1-3H3. The van der Waals surface area contributed by atoms with Crippen LogP contribution in [0.25, 0.3) is 0 Å². The first-order chi connectivity index (χ1) is 11.3. The summed E-state index contributed by atoms with van der Waals surface area (Å²) < 4.78 is 0. The maximum absolute atomic E-state index is 11.2. The number of aliphatic hydroxyl groups is 3. The lowest BCUT2D eigenvalue weighted by Crippen LogP contribution is -2.57. The summed E-state index contributed by atoms with van der Waals surface area (Å²) >= 11 is 0. The van der Waals surface area contributed by atoms with Crippen molar-refractivity contribution in [2.75, 3.05) is 0 Å². The molecule has 0 aromatic carbocycles. The largest absolute Gasteiger partial charge is 0.393 e. The van der Waals surface area contributed by atoms with E-state index < -0.39 is 0 Å². The molecular formula is C21H34O3. The van der Waals surface area contributed by atoms with E-state index >= 15 is 0 Å². The molecule has 3 nitrogen and oxygen atoms in total. The molecule has 0 aromatic heterocycles. The van der Waals surface area contributed by atoms with Crippen LogP contribution in [0.4, 0.5) is 0 Å². The van der Waals surface area contributed by atoms with Crippen molar-refractivity contribution < 1.29 is 15.3 Å². The summed E-state index contributed by atoms with van der Waals surface area (Å²) in [5.74, 6) is 1.86. The van der Waals surface area contributed by atoms with Crippen molar-refractivity contribution >= 4 is 0 Å². The van der Waals surface area contributed by atoms with Gasteiger partial charge in [-0.3, -0.25) is 0 Å². The smallest absolute Gasteiger partial charge is 0.0724 e.